The number of piperidine rings is 1. The Hall–Kier alpha value is -0.590. The molecule has 0 aromatic carbocycles. The van der Waals surface area contributed by atoms with Gasteiger partial charge in [0.25, 0.3) is 10.0 Å². The molecule has 0 saturated carbocycles. The van der Waals surface area contributed by atoms with Crippen molar-refractivity contribution in [3.63, 3.8) is 0 Å². The molecular weight excluding hydrogens is 274 g/mol. The highest BCUT2D eigenvalue weighted by Gasteiger charge is 2.36. The molecule has 18 heavy (non-hydrogen) atoms. The lowest BCUT2D eigenvalue weighted by Gasteiger charge is -2.36. The lowest BCUT2D eigenvalue weighted by atomic mass is 9.85. The number of aryl methyl sites for hydroxylation is 1. The molecule has 0 aliphatic carbocycles. The molecule has 1 aliphatic heterocycles. The van der Waals surface area contributed by atoms with Crippen molar-refractivity contribution in [2.45, 2.75) is 31.7 Å². The molecule has 102 valence electrons. The number of hydrogen-bond donors (Lipinski definition) is 0. The second-order valence-electron chi connectivity index (χ2n) is 5.56. The van der Waals surface area contributed by atoms with Gasteiger partial charge in [0.05, 0.1) is 6.33 Å². The summed E-state index contributed by atoms with van der Waals surface area (Å²) < 4.78 is 27.9. The van der Waals surface area contributed by atoms with Crippen LogP contribution in [0.15, 0.2) is 11.4 Å². The third-order valence-electron chi connectivity index (χ3n) is 3.28. The monoisotopic (exact) mass is 291 g/mol. The van der Waals surface area contributed by atoms with Crippen molar-refractivity contribution in [1.29, 1.82) is 0 Å². The molecule has 0 unspecified atom stereocenters. The van der Waals surface area contributed by atoms with Crippen LogP contribution in [-0.2, 0) is 17.1 Å². The number of hydrogen-bond acceptors (Lipinski definition) is 3. The van der Waals surface area contributed by atoms with Crippen molar-refractivity contribution < 1.29 is 8.42 Å². The molecule has 0 bridgehead atoms. The van der Waals surface area contributed by atoms with E-state index in [1.165, 1.54) is 15.2 Å². The summed E-state index contributed by atoms with van der Waals surface area (Å²) in [5.74, 6) is 0. The van der Waals surface area contributed by atoms with Gasteiger partial charge in [-0.1, -0.05) is 25.4 Å². The average Bonchev–Trinajstić information content (AvgIpc) is 2.58. The summed E-state index contributed by atoms with van der Waals surface area (Å²) in [6, 6.07) is 0. The molecule has 0 spiro atoms. The van der Waals surface area contributed by atoms with Crippen LogP contribution in [0, 0.1) is 5.41 Å². The van der Waals surface area contributed by atoms with Crippen molar-refractivity contribution in [2.75, 3.05) is 13.1 Å². The van der Waals surface area contributed by atoms with Crippen LogP contribution in [0.4, 0.5) is 0 Å². The van der Waals surface area contributed by atoms with E-state index < -0.39 is 10.0 Å². The third kappa shape index (κ3) is 2.41. The fourth-order valence-corrected chi connectivity index (χ4v) is 4.32. The molecule has 0 N–H and O–H groups in total. The minimum atomic E-state index is -3.57. The maximum Gasteiger partial charge on any atom is 0.263 e. The largest absolute Gasteiger partial charge is 0.324 e. The highest BCUT2D eigenvalue weighted by molar-refractivity contribution is 7.89. The first-order valence-corrected chi connectivity index (χ1v) is 7.73. The maximum atomic E-state index is 12.5. The summed E-state index contributed by atoms with van der Waals surface area (Å²) in [7, 11) is -1.90. The quantitative estimate of drug-likeness (QED) is 0.836. The molecule has 5 nitrogen and oxygen atoms in total. The topological polar surface area (TPSA) is 55.2 Å². The Morgan fingerprint density at radius 2 is 2.11 bits per heavy atom. The molecule has 0 amide bonds. The average molecular weight is 292 g/mol. The van der Waals surface area contributed by atoms with Gasteiger partial charge in [0.15, 0.2) is 0 Å². The van der Waals surface area contributed by atoms with Gasteiger partial charge in [-0.3, -0.25) is 0 Å². The van der Waals surface area contributed by atoms with E-state index in [9.17, 15) is 8.42 Å². The maximum absolute atomic E-state index is 12.5. The van der Waals surface area contributed by atoms with Crippen LogP contribution < -0.4 is 0 Å². The van der Waals surface area contributed by atoms with Crippen LogP contribution >= 0.6 is 11.6 Å². The Labute approximate surface area is 113 Å². The summed E-state index contributed by atoms with van der Waals surface area (Å²) in [6.45, 7) is 5.21. The van der Waals surface area contributed by atoms with E-state index in [0.29, 0.717) is 13.1 Å². The van der Waals surface area contributed by atoms with Gasteiger partial charge in [0.1, 0.15) is 5.15 Å². The van der Waals surface area contributed by atoms with E-state index in [1.807, 2.05) is 0 Å². The Kier molecular flexibility index (Phi) is 3.46. The van der Waals surface area contributed by atoms with Crippen LogP contribution in [0.3, 0.4) is 0 Å². The van der Waals surface area contributed by atoms with Crippen LogP contribution in [0.2, 0.25) is 5.15 Å². The van der Waals surface area contributed by atoms with Gasteiger partial charge in [-0.25, -0.2) is 13.4 Å². The number of sulfonamides is 1. The Morgan fingerprint density at radius 3 is 2.61 bits per heavy atom. The van der Waals surface area contributed by atoms with Crippen molar-refractivity contribution in [3.8, 4) is 0 Å². The minimum Gasteiger partial charge on any atom is -0.324 e. The summed E-state index contributed by atoms with van der Waals surface area (Å²) in [6.07, 6.45) is 3.33. The zero-order chi connectivity index (χ0) is 13.6. The first-order valence-electron chi connectivity index (χ1n) is 5.91. The number of aromatic nitrogens is 2. The molecule has 1 aromatic rings. The van der Waals surface area contributed by atoms with Crippen molar-refractivity contribution >= 4 is 21.6 Å². The lowest BCUT2D eigenvalue weighted by molar-refractivity contribution is 0.186. The molecule has 1 aliphatic rings. The molecule has 1 fully saturated rings. The SMILES string of the molecule is Cn1cnc(S(=O)(=O)N2CCCC(C)(C)C2)c1Cl. The van der Waals surface area contributed by atoms with Crippen LogP contribution in [0.25, 0.3) is 0 Å². The normalized spacial score (nSPS) is 21.1. The number of halogens is 1. The Morgan fingerprint density at radius 1 is 1.44 bits per heavy atom. The third-order valence-corrected chi connectivity index (χ3v) is 5.62. The summed E-state index contributed by atoms with van der Waals surface area (Å²) in [5.41, 5.74) is 0.00652. The highest BCUT2D eigenvalue weighted by atomic mass is 35.5. The van der Waals surface area contributed by atoms with Crippen molar-refractivity contribution in [1.82, 2.24) is 13.9 Å². The molecule has 1 aromatic heterocycles. The molecule has 0 atom stereocenters. The smallest absolute Gasteiger partial charge is 0.263 e. The summed E-state index contributed by atoms with van der Waals surface area (Å²) >= 11 is 5.98. The zero-order valence-corrected chi connectivity index (χ0v) is 12.4. The van der Waals surface area contributed by atoms with Gasteiger partial charge < -0.3 is 4.57 Å². The first-order chi connectivity index (χ1) is 8.24. The van der Waals surface area contributed by atoms with E-state index >= 15 is 0 Å². The molecule has 1 saturated heterocycles. The van der Waals surface area contributed by atoms with E-state index in [0.717, 1.165) is 12.8 Å². The molecule has 7 heteroatoms. The first kappa shape index (κ1) is 13.8. The fourth-order valence-electron chi connectivity index (χ4n) is 2.26. The van der Waals surface area contributed by atoms with Gasteiger partial charge in [-0.2, -0.15) is 4.31 Å². The van der Waals surface area contributed by atoms with Gasteiger partial charge in [-0.15, -0.1) is 0 Å². The van der Waals surface area contributed by atoms with Crippen molar-refractivity contribution in [3.05, 3.63) is 11.5 Å². The minimum absolute atomic E-state index is 0.00652. The van der Waals surface area contributed by atoms with E-state index in [-0.39, 0.29) is 15.6 Å². The second kappa shape index (κ2) is 4.51. The Balaban J connectivity index is 2.35. The predicted molar refractivity (Wildman–Crippen MR) is 70.0 cm³/mol. The predicted octanol–water partition coefficient (Wildman–Crippen LogP) is 1.88. The number of imidazole rings is 1. The molecule has 0 radical (unpaired) electrons. The molecule has 2 heterocycles. The van der Waals surface area contributed by atoms with Gasteiger partial charge in [0.2, 0.25) is 5.03 Å². The standard InChI is InChI=1S/C11H18ClN3O2S/c1-11(2)5-4-6-15(7-11)18(16,17)10-9(12)14(3)8-13-10/h8H,4-7H2,1-3H3. The van der Waals surface area contributed by atoms with Gasteiger partial charge in [0, 0.05) is 20.1 Å². The highest BCUT2D eigenvalue weighted by Crippen LogP contribution is 2.32. The zero-order valence-electron chi connectivity index (χ0n) is 10.9. The van der Waals surface area contributed by atoms with Crippen LogP contribution in [-0.4, -0.2) is 35.4 Å². The van der Waals surface area contributed by atoms with E-state index in [4.69, 9.17) is 11.6 Å². The van der Waals surface area contributed by atoms with Gasteiger partial charge in [-0.05, 0) is 18.3 Å². The summed E-state index contributed by atoms with van der Waals surface area (Å²) in [5, 5.41) is 0.128. The summed E-state index contributed by atoms with van der Waals surface area (Å²) in [4.78, 5) is 3.91. The van der Waals surface area contributed by atoms with Gasteiger partial charge >= 0.3 is 0 Å². The lowest BCUT2D eigenvalue weighted by Crippen LogP contribution is -2.43. The molecule has 2 rings (SSSR count). The number of rotatable bonds is 2. The van der Waals surface area contributed by atoms with E-state index in [1.54, 1.807) is 7.05 Å². The molecular formula is C11H18ClN3O2S. The fraction of sp³-hybridized carbons (Fsp3) is 0.727. The number of nitrogens with zero attached hydrogens (tertiary/aromatic N) is 3. The Bertz CT molecular complexity index is 551. The van der Waals surface area contributed by atoms with Crippen LogP contribution in [0.5, 0.6) is 0 Å². The van der Waals surface area contributed by atoms with Crippen LogP contribution in [0.1, 0.15) is 26.7 Å². The second-order valence-corrected chi connectivity index (χ2v) is 7.77. The van der Waals surface area contributed by atoms with E-state index in [2.05, 4.69) is 18.8 Å². The van der Waals surface area contributed by atoms with Crippen molar-refractivity contribution in [2.24, 2.45) is 12.5 Å².